The molecule has 5 heteroatoms. The number of carbonyl (C=O) groups is 1. The van der Waals surface area contributed by atoms with Crippen LogP contribution in [-0.4, -0.2) is 22.0 Å². The number of aromatic nitrogens is 2. The summed E-state index contributed by atoms with van der Waals surface area (Å²) in [5.41, 5.74) is 4.98. The number of carbonyl (C=O) groups excluding carboxylic acids is 1. The molecule has 2 aromatic carbocycles. The van der Waals surface area contributed by atoms with E-state index in [0.717, 1.165) is 47.4 Å². The summed E-state index contributed by atoms with van der Waals surface area (Å²) in [6, 6.07) is 14.1. The lowest BCUT2D eigenvalue weighted by Gasteiger charge is -2.07. The maximum Gasteiger partial charge on any atom is 0.253 e. The van der Waals surface area contributed by atoms with E-state index in [1.165, 1.54) is 5.56 Å². The van der Waals surface area contributed by atoms with Crippen molar-refractivity contribution >= 4 is 28.5 Å². The minimum atomic E-state index is -0.0116. The van der Waals surface area contributed by atoms with E-state index in [0.29, 0.717) is 12.4 Å². The van der Waals surface area contributed by atoms with Gasteiger partial charge in [-0.25, -0.2) is 4.98 Å². The van der Waals surface area contributed by atoms with E-state index in [2.05, 4.69) is 34.1 Å². The molecule has 0 saturated carbocycles. The topological polar surface area (TPSA) is 46.9 Å². The highest BCUT2D eigenvalue weighted by Crippen LogP contribution is 2.23. The smallest absolute Gasteiger partial charge is 0.253 e. The number of halogens is 1. The van der Waals surface area contributed by atoms with Crippen LogP contribution in [0.25, 0.3) is 11.0 Å². The molecule has 4 rings (SSSR count). The summed E-state index contributed by atoms with van der Waals surface area (Å²) in [6.45, 7) is 1.40. The van der Waals surface area contributed by atoms with Crippen molar-refractivity contribution < 1.29 is 4.79 Å². The van der Waals surface area contributed by atoms with Gasteiger partial charge in [0, 0.05) is 25.4 Å². The van der Waals surface area contributed by atoms with Crippen molar-refractivity contribution in [3.63, 3.8) is 0 Å². The van der Waals surface area contributed by atoms with Gasteiger partial charge < -0.3 is 9.88 Å². The number of hydrogen-bond acceptors (Lipinski definition) is 2. The molecule has 0 bridgehead atoms. The van der Waals surface area contributed by atoms with Crippen LogP contribution in [0.3, 0.4) is 0 Å². The average molecular weight is 340 g/mol. The fraction of sp³-hybridized carbons (Fsp3) is 0.263. The number of amides is 1. The molecule has 1 amide bonds. The number of alkyl halides is 1. The first-order valence-corrected chi connectivity index (χ1v) is 8.70. The Kier molecular flexibility index (Phi) is 3.98. The minimum Gasteiger partial charge on any atom is -0.350 e. The molecule has 0 fully saturated rings. The van der Waals surface area contributed by atoms with Crippen molar-refractivity contribution in [2.75, 3.05) is 6.54 Å². The molecule has 1 aromatic heterocycles. The van der Waals surface area contributed by atoms with Crippen molar-refractivity contribution in [3.8, 4) is 0 Å². The number of para-hydroxylation sites is 1. The van der Waals surface area contributed by atoms with Crippen LogP contribution in [-0.2, 0) is 25.3 Å². The molecule has 0 spiro atoms. The molecule has 4 nitrogen and oxygen atoms in total. The number of rotatable bonds is 4. The Bertz CT molecular complexity index is 899. The Balaban J connectivity index is 1.65. The summed E-state index contributed by atoms with van der Waals surface area (Å²) in [4.78, 5) is 16.9. The number of imidazole rings is 1. The average Bonchev–Trinajstić information content (AvgIpc) is 2.88. The molecule has 1 aliphatic heterocycles. The van der Waals surface area contributed by atoms with Crippen molar-refractivity contribution in [1.82, 2.24) is 14.9 Å². The summed E-state index contributed by atoms with van der Waals surface area (Å²) in [7, 11) is 0. The Labute approximate surface area is 145 Å². The van der Waals surface area contributed by atoms with Gasteiger partial charge in [-0.2, -0.15) is 0 Å². The zero-order chi connectivity index (χ0) is 16.5. The summed E-state index contributed by atoms with van der Waals surface area (Å²) in [5.74, 6) is 1.57. The molecule has 1 aliphatic rings. The number of aryl methyl sites for hydroxylation is 2. The Morgan fingerprint density at radius 2 is 1.88 bits per heavy atom. The van der Waals surface area contributed by atoms with E-state index in [1.807, 2.05) is 18.2 Å². The van der Waals surface area contributed by atoms with Crippen LogP contribution in [0.15, 0.2) is 42.5 Å². The third-order valence-corrected chi connectivity index (χ3v) is 4.83. The van der Waals surface area contributed by atoms with Gasteiger partial charge in [0.1, 0.15) is 5.82 Å². The largest absolute Gasteiger partial charge is 0.350 e. The number of nitrogens with one attached hydrogen (secondary N) is 1. The van der Waals surface area contributed by atoms with Gasteiger partial charge in [-0.1, -0.05) is 30.3 Å². The van der Waals surface area contributed by atoms with Crippen LogP contribution in [0.2, 0.25) is 0 Å². The van der Waals surface area contributed by atoms with Crippen molar-refractivity contribution in [3.05, 3.63) is 65.0 Å². The third-order valence-electron chi connectivity index (χ3n) is 4.53. The lowest BCUT2D eigenvalue weighted by molar-refractivity contribution is 0.0956. The van der Waals surface area contributed by atoms with Gasteiger partial charge in [0.15, 0.2) is 0 Å². The zero-order valence-corrected chi connectivity index (χ0v) is 14.0. The van der Waals surface area contributed by atoms with E-state index in [1.54, 1.807) is 0 Å². The summed E-state index contributed by atoms with van der Waals surface area (Å²) in [5, 5.41) is 2.95. The van der Waals surface area contributed by atoms with Crippen LogP contribution in [0, 0.1) is 0 Å². The van der Waals surface area contributed by atoms with Gasteiger partial charge in [0.05, 0.1) is 16.6 Å². The third kappa shape index (κ3) is 2.67. The second-order valence-electron chi connectivity index (χ2n) is 6.06. The molecule has 0 saturated heterocycles. The second kappa shape index (κ2) is 6.29. The first-order valence-electron chi connectivity index (χ1n) is 8.16. The molecule has 122 valence electrons. The molecular weight excluding hydrogens is 322 g/mol. The summed E-state index contributed by atoms with van der Waals surface area (Å²) < 4.78 is 2.19. The van der Waals surface area contributed by atoms with Gasteiger partial charge in [0.2, 0.25) is 0 Å². The Morgan fingerprint density at radius 1 is 1.08 bits per heavy atom. The standard InChI is InChI=1S/C19H18ClN3O/c20-12-14-6-4-13(5-7-14)8-9-17-22-16-3-1-2-15-18(16)23(17)11-10-21-19(15)24/h1-7H,8-12H2,(H,21,24). The van der Waals surface area contributed by atoms with Crippen molar-refractivity contribution in [2.45, 2.75) is 25.3 Å². The first-order chi connectivity index (χ1) is 11.8. The fourth-order valence-corrected chi connectivity index (χ4v) is 3.45. The normalized spacial score (nSPS) is 13.8. The predicted octanol–water partition coefficient (Wildman–Crippen LogP) is 3.30. The van der Waals surface area contributed by atoms with Crippen molar-refractivity contribution in [2.24, 2.45) is 0 Å². The SMILES string of the molecule is O=C1NCCn2c(CCc3ccc(CCl)cc3)nc3cccc1c32. The molecule has 3 aromatic rings. The number of nitrogens with zero attached hydrogens (tertiary/aromatic N) is 2. The number of benzene rings is 2. The lowest BCUT2D eigenvalue weighted by atomic mass is 10.1. The van der Waals surface area contributed by atoms with Gasteiger partial charge in [-0.05, 0) is 29.7 Å². The molecule has 2 heterocycles. The first kappa shape index (κ1) is 15.2. The quantitative estimate of drug-likeness (QED) is 0.741. The Hall–Kier alpha value is -2.33. The highest BCUT2D eigenvalue weighted by Gasteiger charge is 2.20. The van der Waals surface area contributed by atoms with E-state index in [9.17, 15) is 4.79 Å². The fourth-order valence-electron chi connectivity index (χ4n) is 3.28. The zero-order valence-electron chi connectivity index (χ0n) is 13.3. The van der Waals surface area contributed by atoms with Crippen LogP contribution >= 0.6 is 11.6 Å². The maximum absolute atomic E-state index is 12.2. The van der Waals surface area contributed by atoms with Gasteiger partial charge >= 0.3 is 0 Å². The molecule has 0 atom stereocenters. The molecular formula is C19H18ClN3O. The van der Waals surface area contributed by atoms with Gasteiger partial charge in [-0.3, -0.25) is 4.79 Å². The van der Waals surface area contributed by atoms with Crippen LogP contribution in [0.4, 0.5) is 0 Å². The van der Waals surface area contributed by atoms with E-state index in [-0.39, 0.29) is 5.91 Å². The number of hydrogen-bond donors (Lipinski definition) is 1. The molecule has 0 unspecified atom stereocenters. The van der Waals surface area contributed by atoms with Crippen LogP contribution in [0.1, 0.15) is 27.3 Å². The van der Waals surface area contributed by atoms with E-state index in [4.69, 9.17) is 16.6 Å². The monoisotopic (exact) mass is 339 g/mol. The summed E-state index contributed by atoms with van der Waals surface area (Å²) in [6.07, 6.45) is 1.77. The van der Waals surface area contributed by atoms with E-state index >= 15 is 0 Å². The maximum atomic E-state index is 12.2. The summed E-state index contributed by atoms with van der Waals surface area (Å²) >= 11 is 5.84. The Morgan fingerprint density at radius 3 is 2.67 bits per heavy atom. The lowest BCUT2D eigenvalue weighted by Crippen LogP contribution is -2.24. The van der Waals surface area contributed by atoms with Gasteiger partial charge in [0.25, 0.3) is 5.91 Å². The predicted molar refractivity (Wildman–Crippen MR) is 95.5 cm³/mol. The van der Waals surface area contributed by atoms with Crippen LogP contribution < -0.4 is 5.32 Å². The second-order valence-corrected chi connectivity index (χ2v) is 6.33. The molecule has 0 aliphatic carbocycles. The van der Waals surface area contributed by atoms with Crippen molar-refractivity contribution in [1.29, 1.82) is 0 Å². The molecule has 0 radical (unpaired) electrons. The van der Waals surface area contributed by atoms with E-state index < -0.39 is 0 Å². The molecule has 24 heavy (non-hydrogen) atoms. The highest BCUT2D eigenvalue weighted by molar-refractivity contribution is 6.17. The van der Waals surface area contributed by atoms with Crippen LogP contribution in [0.5, 0.6) is 0 Å². The van der Waals surface area contributed by atoms with Gasteiger partial charge in [-0.15, -0.1) is 11.6 Å². The minimum absolute atomic E-state index is 0.0116. The molecule has 1 N–H and O–H groups in total. The highest BCUT2D eigenvalue weighted by atomic mass is 35.5.